The minimum Gasteiger partial charge on any atom is -0.492 e. The highest BCUT2D eigenvalue weighted by atomic mass is 79.9. The highest BCUT2D eigenvalue weighted by molar-refractivity contribution is 9.10. The number of ketones is 1. The number of esters is 1. The molecule has 0 aliphatic carbocycles. The van der Waals surface area contributed by atoms with E-state index in [1.165, 1.54) is 0 Å². The Labute approximate surface area is 178 Å². The van der Waals surface area contributed by atoms with Gasteiger partial charge in [-0.25, -0.2) is 4.79 Å². The molecule has 3 aromatic rings. The molecule has 0 aromatic heterocycles. The molecule has 29 heavy (non-hydrogen) atoms. The quantitative estimate of drug-likeness (QED) is 0.253. The van der Waals surface area contributed by atoms with E-state index in [0.717, 1.165) is 0 Å². The van der Waals surface area contributed by atoms with E-state index in [2.05, 4.69) is 29.8 Å². The van der Waals surface area contributed by atoms with Gasteiger partial charge in [-0.15, -0.1) is 0 Å². The Hall–Kier alpha value is -2.92. The molecule has 0 aliphatic rings. The third-order valence-corrected chi connectivity index (χ3v) is 4.72. The third-order valence-electron chi connectivity index (χ3n) is 4.10. The van der Waals surface area contributed by atoms with E-state index in [9.17, 15) is 9.59 Å². The lowest BCUT2D eigenvalue weighted by molar-refractivity contribution is 0.0734. The van der Waals surface area contributed by atoms with Crippen LogP contribution >= 0.6 is 15.9 Å². The van der Waals surface area contributed by atoms with Gasteiger partial charge in [-0.1, -0.05) is 44.2 Å². The number of hydrogen-bond acceptors (Lipinski definition) is 4. The molecular formula is C24H21BrO4. The van der Waals surface area contributed by atoms with Gasteiger partial charge in [-0.2, -0.15) is 0 Å². The second-order valence-corrected chi connectivity index (χ2v) is 7.81. The minimum atomic E-state index is -0.483. The fourth-order valence-electron chi connectivity index (χ4n) is 2.60. The standard InChI is InChI=1S/C24H21BrO4/c1-16(2)15-28-22-13-10-19(14-21(22)25)24(27)29-20-11-8-18(9-12-20)23(26)17-6-4-3-5-7-17/h3-14,16H,15H2,1-2H3. The van der Waals surface area contributed by atoms with Crippen LogP contribution in [-0.4, -0.2) is 18.4 Å². The number of carbonyl (C=O) groups is 2. The van der Waals surface area contributed by atoms with Crippen LogP contribution in [0, 0.1) is 5.92 Å². The summed E-state index contributed by atoms with van der Waals surface area (Å²) in [6.07, 6.45) is 0. The van der Waals surface area contributed by atoms with Gasteiger partial charge in [-0.05, 0) is 64.3 Å². The molecule has 0 bridgehead atoms. The summed E-state index contributed by atoms with van der Waals surface area (Å²) in [4.78, 5) is 24.9. The molecule has 0 saturated carbocycles. The van der Waals surface area contributed by atoms with Gasteiger partial charge in [0.25, 0.3) is 0 Å². The summed E-state index contributed by atoms with van der Waals surface area (Å²) in [6.45, 7) is 4.73. The second-order valence-electron chi connectivity index (χ2n) is 6.96. The summed E-state index contributed by atoms with van der Waals surface area (Å²) in [5.74, 6) is 0.894. The Balaban J connectivity index is 1.66. The predicted octanol–water partition coefficient (Wildman–Crippen LogP) is 5.93. The van der Waals surface area contributed by atoms with Crippen LogP contribution < -0.4 is 9.47 Å². The van der Waals surface area contributed by atoms with Gasteiger partial charge in [0.1, 0.15) is 11.5 Å². The van der Waals surface area contributed by atoms with E-state index in [0.29, 0.717) is 45.2 Å². The van der Waals surface area contributed by atoms with Crippen molar-refractivity contribution in [3.8, 4) is 11.5 Å². The van der Waals surface area contributed by atoms with E-state index >= 15 is 0 Å². The van der Waals surface area contributed by atoms with Crippen LogP contribution in [-0.2, 0) is 0 Å². The average Bonchev–Trinajstić information content (AvgIpc) is 2.73. The number of hydrogen-bond donors (Lipinski definition) is 0. The molecule has 0 spiro atoms. The molecule has 0 amide bonds. The number of halogens is 1. The van der Waals surface area contributed by atoms with Crippen LogP contribution in [0.25, 0.3) is 0 Å². The highest BCUT2D eigenvalue weighted by Gasteiger charge is 2.13. The van der Waals surface area contributed by atoms with Gasteiger partial charge in [0.05, 0.1) is 16.6 Å². The number of rotatable bonds is 7. The molecule has 0 unspecified atom stereocenters. The monoisotopic (exact) mass is 452 g/mol. The molecule has 0 aliphatic heterocycles. The Morgan fingerprint density at radius 3 is 2.10 bits per heavy atom. The summed E-state index contributed by atoms with van der Waals surface area (Å²) in [5, 5.41) is 0. The van der Waals surface area contributed by atoms with Crippen molar-refractivity contribution in [2.24, 2.45) is 5.92 Å². The maximum absolute atomic E-state index is 12.4. The third kappa shape index (κ3) is 5.55. The molecular weight excluding hydrogens is 432 g/mol. The van der Waals surface area contributed by atoms with Crippen molar-refractivity contribution in [3.63, 3.8) is 0 Å². The van der Waals surface area contributed by atoms with Crippen LogP contribution in [0.3, 0.4) is 0 Å². The van der Waals surface area contributed by atoms with Gasteiger partial charge in [0.15, 0.2) is 5.78 Å². The van der Waals surface area contributed by atoms with Gasteiger partial charge >= 0.3 is 5.97 Å². The Morgan fingerprint density at radius 2 is 1.48 bits per heavy atom. The van der Waals surface area contributed by atoms with Gasteiger partial charge in [0, 0.05) is 11.1 Å². The van der Waals surface area contributed by atoms with Crippen molar-refractivity contribution in [2.75, 3.05) is 6.61 Å². The molecule has 4 nitrogen and oxygen atoms in total. The zero-order valence-electron chi connectivity index (χ0n) is 16.2. The molecule has 0 radical (unpaired) electrons. The maximum atomic E-state index is 12.4. The van der Waals surface area contributed by atoms with Crippen molar-refractivity contribution in [2.45, 2.75) is 13.8 Å². The van der Waals surface area contributed by atoms with E-state index < -0.39 is 5.97 Å². The zero-order chi connectivity index (χ0) is 20.8. The smallest absolute Gasteiger partial charge is 0.343 e. The summed E-state index contributed by atoms with van der Waals surface area (Å²) in [7, 11) is 0. The molecule has 5 heteroatoms. The highest BCUT2D eigenvalue weighted by Crippen LogP contribution is 2.27. The van der Waals surface area contributed by atoms with Crippen LogP contribution in [0.4, 0.5) is 0 Å². The van der Waals surface area contributed by atoms with Gasteiger partial charge < -0.3 is 9.47 Å². The summed E-state index contributed by atoms with van der Waals surface area (Å²) in [6, 6.07) is 20.6. The number of carbonyl (C=O) groups excluding carboxylic acids is 2. The first-order chi connectivity index (χ1) is 13.9. The zero-order valence-corrected chi connectivity index (χ0v) is 17.8. The Kier molecular flexibility index (Phi) is 6.83. The molecule has 148 valence electrons. The van der Waals surface area contributed by atoms with Crippen molar-refractivity contribution >= 4 is 27.7 Å². The van der Waals surface area contributed by atoms with Crippen LogP contribution in [0.1, 0.15) is 40.1 Å². The average molecular weight is 453 g/mol. The molecule has 0 N–H and O–H groups in total. The van der Waals surface area contributed by atoms with Crippen molar-refractivity contribution in [1.82, 2.24) is 0 Å². The molecule has 0 saturated heterocycles. The van der Waals surface area contributed by atoms with Crippen LogP contribution in [0.2, 0.25) is 0 Å². The van der Waals surface area contributed by atoms with Crippen LogP contribution in [0.5, 0.6) is 11.5 Å². The topological polar surface area (TPSA) is 52.6 Å². The Morgan fingerprint density at radius 1 is 0.862 bits per heavy atom. The summed E-state index contributed by atoms with van der Waals surface area (Å²) in [5.41, 5.74) is 1.55. The molecule has 0 heterocycles. The van der Waals surface area contributed by atoms with E-state index in [1.807, 2.05) is 18.2 Å². The molecule has 0 atom stereocenters. The van der Waals surface area contributed by atoms with E-state index in [4.69, 9.17) is 9.47 Å². The first-order valence-electron chi connectivity index (χ1n) is 9.28. The normalized spacial score (nSPS) is 10.6. The lowest BCUT2D eigenvalue weighted by atomic mass is 10.0. The van der Waals surface area contributed by atoms with Crippen molar-refractivity contribution in [3.05, 3.63) is 94.0 Å². The first-order valence-corrected chi connectivity index (χ1v) is 10.1. The lowest BCUT2D eigenvalue weighted by Crippen LogP contribution is -2.10. The minimum absolute atomic E-state index is 0.0793. The largest absolute Gasteiger partial charge is 0.492 e. The number of ether oxygens (including phenoxy) is 2. The van der Waals surface area contributed by atoms with E-state index in [1.54, 1.807) is 54.6 Å². The second kappa shape index (κ2) is 9.52. The van der Waals surface area contributed by atoms with Crippen molar-refractivity contribution < 1.29 is 19.1 Å². The number of benzene rings is 3. The fraction of sp³-hybridized carbons (Fsp3) is 0.167. The SMILES string of the molecule is CC(C)COc1ccc(C(=O)Oc2ccc(C(=O)c3ccccc3)cc2)cc1Br. The summed E-state index contributed by atoms with van der Waals surface area (Å²) >= 11 is 3.43. The van der Waals surface area contributed by atoms with Gasteiger partial charge in [-0.3, -0.25) is 4.79 Å². The van der Waals surface area contributed by atoms with E-state index in [-0.39, 0.29) is 5.78 Å². The lowest BCUT2D eigenvalue weighted by Gasteiger charge is -2.11. The predicted molar refractivity (Wildman–Crippen MR) is 116 cm³/mol. The van der Waals surface area contributed by atoms with Crippen molar-refractivity contribution in [1.29, 1.82) is 0 Å². The molecule has 3 aromatic carbocycles. The fourth-order valence-corrected chi connectivity index (χ4v) is 3.09. The van der Waals surface area contributed by atoms with Gasteiger partial charge in [0.2, 0.25) is 0 Å². The molecule has 3 rings (SSSR count). The summed E-state index contributed by atoms with van der Waals surface area (Å²) < 4.78 is 11.8. The Bertz CT molecular complexity index is 995. The van der Waals surface area contributed by atoms with Crippen LogP contribution in [0.15, 0.2) is 77.3 Å². The maximum Gasteiger partial charge on any atom is 0.343 e. The first kappa shape index (κ1) is 20.8. The molecule has 0 fully saturated rings.